The normalized spacial score (nSPS) is 15.8. The van der Waals surface area contributed by atoms with Crippen LogP contribution in [0.15, 0.2) is 30.3 Å². The molecule has 0 radical (unpaired) electrons. The van der Waals surface area contributed by atoms with Crippen LogP contribution in [-0.4, -0.2) is 12.5 Å². The van der Waals surface area contributed by atoms with Gasteiger partial charge in [-0.25, -0.2) is 0 Å². The van der Waals surface area contributed by atoms with Gasteiger partial charge in [0.1, 0.15) is 0 Å². The van der Waals surface area contributed by atoms with E-state index in [0.29, 0.717) is 12.3 Å². The Morgan fingerprint density at radius 3 is 2.50 bits per heavy atom. The van der Waals surface area contributed by atoms with Crippen LogP contribution in [0.3, 0.4) is 0 Å². The monoisotopic (exact) mass is 274 g/mol. The molecule has 0 aliphatic heterocycles. The second-order valence-electron chi connectivity index (χ2n) is 5.75. The first-order chi connectivity index (χ1) is 9.81. The SMILES string of the molecule is NCCCCCCC(=O)NC(c1ccccc1)C1CC1. The number of hydrogen-bond donors (Lipinski definition) is 2. The molecule has 1 aromatic rings. The zero-order chi connectivity index (χ0) is 14.2. The number of nitrogens with one attached hydrogen (secondary N) is 1. The standard InChI is InChI=1S/C17H26N2O/c18-13-7-2-1-6-10-16(20)19-17(15-11-12-15)14-8-4-3-5-9-14/h3-5,8-9,15,17H,1-2,6-7,10-13,18H2,(H,19,20). The fourth-order valence-corrected chi connectivity index (χ4v) is 2.59. The number of benzene rings is 1. The van der Waals surface area contributed by atoms with Crippen molar-refractivity contribution in [3.05, 3.63) is 35.9 Å². The van der Waals surface area contributed by atoms with Crippen molar-refractivity contribution in [1.29, 1.82) is 0 Å². The van der Waals surface area contributed by atoms with E-state index in [1.165, 1.54) is 18.4 Å². The molecule has 1 aliphatic carbocycles. The average molecular weight is 274 g/mol. The van der Waals surface area contributed by atoms with Crippen LogP contribution < -0.4 is 11.1 Å². The van der Waals surface area contributed by atoms with Crippen LogP contribution in [0, 0.1) is 5.92 Å². The second kappa shape index (κ2) is 8.05. The number of carbonyl (C=O) groups is 1. The first kappa shape index (κ1) is 15.0. The van der Waals surface area contributed by atoms with E-state index in [1.54, 1.807) is 0 Å². The van der Waals surface area contributed by atoms with Gasteiger partial charge in [-0.15, -0.1) is 0 Å². The van der Waals surface area contributed by atoms with Gasteiger partial charge in [0, 0.05) is 6.42 Å². The summed E-state index contributed by atoms with van der Waals surface area (Å²) in [4.78, 5) is 12.1. The van der Waals surface area contributed by atoms with Crippen molar-refractivity contribution >= 4 is 5.91 Å². The third kappa shape index (κ3) is 4.97. The van der Waals surface area contributed by atoms with E-state index in [2.05, 4.69) is 17.4 Å². The summed E-state index contributed by atoms with van der Waals surface area (Å²) in [5.74, 6) is 0.831. The number of carbonyl (C=O) groups excluding carboxylic acids is 1. The zero-order valence-corrected chi connectivity index (χ0v) is 12.2. The van der Waals surface area contributed by atoms with Gasteiger partial charge in [0.15, 0.2) is 0 Å². The molecule has 1 unspecified atom stereocenters. The largest absolute Gasteiger partial charge is 0.349 e. The number of hydrogen-bond acceptors (Lipinski definition) is 2. The Morgan fingerprint density at radius 1 is 1.15 bits per heavy atom. The van der Waals surface area contributed by atoms with Gasteiger partial charge in [0.05, 0.1) is 6.04 Å². The predicted molar refractivity (Wildman–Crippen MR) is 82.2 cm³/mol. The molecule has 0 bridgehead atoms. The Bertz CT molecular complexity index is 401. The van der Waals surface area contributed by atoms with Gasteiger partial charge in [-0.05, 0) is 43.7 Å². The molecule has 1 aliphatic rings. The van der Waals surface area contributed by atoms with Gasteiger partial charge in [0.25, 0.3) is 0 Å². The molecule has 1 atom stereocenters. The Labute approximate surface area is 121 Å². The molecule has 1 fully saturated rings. The lowest BCUT2D eigenvalue weighted by molar-refractivity contribution is -0.122. The van der Waals surface area contributed by atoms with Crippen LogP contribution in [0.25, 0.3) is 0 Å². The predicted octanol–water partition coefficient (Wildman–Crippen LogP) is 3.16. The molecule has 20 heavy (non-hydrogen) atoms. The Kier molecular flexibility index (Phi) is 6.06. The summed E-state index contributed by atoms with van der Waals surface area (Å²) in [5.41, 5.74) is 6.70. The van der Waals surface area contributed by atoms with E-state index >= 15 is 0 Å². The van der Waals surface area contributed by atoms with Gasteiger partial charge < -0.3 is 11.1 Å². The summed E-state index contributed by atoms with van der Waals surface area (Å²) in [6, 6.07) is 10.6. The molecule has 0 saturated heterocycles. The van der Waals surface area contributed by atoms with Crippen molar-refractivity contribution in [1.82, 2.24) is 5.32 Å². The molecule has 3 N–H and O–H groups in total. The summed E-state index contributed by atoms with van der Waals surface area (Å²) in [7, 11) is 0. The molecule has 0 aromatic heterocycles. The fourth-order valence-electron chi connectivity index (χ4n) is 2.59. The smallest absolute Gasteiger partial charge is 0.220 e. The van der Waals surface area contributed by atoms with Crippen LogP contribution in [0.1, 0.15) is 56.6 Å². The van der Waals surface area contributed by atoms with E-state index in [0.717, 1.165) is 32.2 Å². The van der Waals surface area contributed by atoms with Crippen molar-refractivity contribution in [3.63, 3.8) is 0 Å². The van der Waals surface area contributed by atoms with Crippen LogP contribution >= 0.6 is 0 Å². The lowest BCUT2D eigenvalue weighted by Crippen LogP contribution is -2.29. The fraction of sp³-hybridized carbons (Fsp3) is 0.588. The maximum absolute atomic E-state index is 12.1. The molecule has 1 amide bonds. The lowest BCUT2D eigenvalue weighted by Gasteiger charge is -2.18. The molecule has 0 spiro atoms. The molecular formula is C17H26N2O. The highest BCUT2D eigenvalue weighted by Gasteiger charge is 2.33. The van der Waals surface area contributed by atoms with Crippen molar-refractivity contribution in [2.24, 2.45) is 11.7 Å². The van der Waals surface area contributed by atoms with E-state index < -0.39 is 0 Å². The molecule has 3 heteroatoms. The third-order valence-corrected chi connectivity index (χ3v) is 3.93. The highest BCUT2D eigenvalue weighted by molar-refractivity contribution is 5.76. The van der Waals surface area contributed by atoms with E-state index in [-0.39, 0.29) is 11.9 Å². The highest BCUT2D eigenvalue weighted by Crippen LogP contribution is 2.40. The number of amides is 1. The Balaban J connectivity index is 1.76. The second-order valence-corrected chi connectivity index (χ2v) is 5.75. The van der Waals surface area contributed by atoms with Crippen LogP contribution in [0.2, 0.25) is 0 Å². The first-order valence-electron chi connectivity index (χ1n) is 7.85. The first-order valence-corrected chi connectivity index (χ1v) is 7.85. The molecular weight excluding hydrogens is 248 g/mol. The van der Waals surface area contributed by atoms with Crippen LogP contribution in [0.4, 0.5) is 0 Å². The molecule has 1 aromatic carbocycles. The minimum Gasteiger partial charge on any atom is -0.349 e. The zero-order valence-electron chi connectivity index (χ0n) is 12.2. The molecule has 0 heterocycles. The molecule has 110 valence electrons. The summed E-state index contributed by atoms with van der Waals surface area (Å²) in [5, 5.41) is 3.22. The highest BCUT2D eigenvalue weighted by atomic mass is 16.1. The number of rotatable bonds is 9. The lowest BCUT2D eigenvalue weighted by atomic mass is 10.0. The summed E-state index contributed by atoms with van der Waals surface area (Å²) in [6.45, 7) is 0.754. The van der Waals surface area contributed by atoms with Gasteiger partial charge >= 0.3 is 0 Å². The quantitative estimate of drug-likeness (QED) is 0.680. The summed E-state index contributed by atoms with van der Waals surface area (Å²) >= 11 is 0. The van der Waals surface area contributed by atoms with Gasteiger partial charge in [0.2, 0.25) is 5.91 Å². The average Bonchev–Trinajstić information content (AvgIpc) is 3.30. The molecule has 2 rings (SSSR count). The summed E-state index contributed by atoms with van der Waals surface area (Å²) in [6.07, 6.45) is 7.38. The van der Waals surface area contributed by atoms with Crippen LogP contribution in [0.5, 0.6) is 0 Å². The van der Waals surface area contributed by atoms with E-state index in [1.807, 2.05) is 18.2 Å². The molecule has 3 nitrogen and oxygen atoms in total. The van der Waals surface area contributed by atoms with Crippen molar-refractivity contribution in [2.45, 2.75) is 51.0 Å². The number of unbranched alkanes of at least 4 members (excludes halogenated alkanes) is 3. The van der Waals surface area contributed by atoms with Gasteiger partial charge in [-0.3, -0.25) is 4.79 Å². The molecule has 1 saturated carbocycles. The van der Waals surface area contributed by atoms with Crippen molar-refractivity contribution in [3.8, 4) is 0 Å². The maximum Gasteiger partial charge on any atom is 0.220 e. The van der Waals surface area contributed by atoms with Crippen LogP contribution in [-0.2, 0) is 4.79 Å². The topological polar surface area (TPSA) is 55.1 Å². The van der Waals surface area contributed by atoms with Gasteiger partial charge in [-0.1, -0.05) is 43.2 Å². The Hall–Kier alpha value is -1.35. The minimum absolute atomic E-state index is 0.193. The van der Waals surface area contributed by atoms with E-state index in [4.69, 9.17) is 5.73 Å². The third-order valence-electron chi connectivity index (χ3n) is 3.93. The maximum atomic E-state index is 12.1. The Morgan fingerprint density at radius 2 is 1.85 bits per heavy atom. The van der Waals surface area contributed by atoms with Crippen molar-refractivity contribution in [2.75, 3.05) is 6.54 Å². The minimum atomic E-state index is 0.193. The number of nitrogens with two attached hydrogens (primary N) is 1. The van der Waals surface area contributed by atoms with E-state index in [9.17, 15) is 4.79 Å². The summed E-state index contributed by atoms with van der Waals surface area (Å²) < 4.78 is 0. The van der Waals surface area contributed by atoms with Crippen molar-refractivity contribution < 1.29 is 4.79 Å². The van der Waals surface area contributed by atoms with Gasteiger partial charge in [-0.2, -0.15) is 0 Å².